The van der Waals surface area contributed by atoms with E-state index >= 15 is 0 Å². The van der Waals surface area contributed by atoms with Gasteiger partial charge in [0, 0.05) is 24.7 Å². The maximum Gasteiger partial charge on any atom is 0.138 e. The van der Waals surface area contributed by atoms with Crippen molar-refractivity contribution in [3.8, 4) is 0 Å². The van der Waals surface area contributed by atoms with Gasteiger partial charge in [-0.1, -0.05) is 20.8 Å². The number of imidazole rings is 1. The normalized spacial score (nSPS) is 13.4. The van der Waals surface area contributed by atoms with Crippen LogP contribution in [-0.2, 0) is 6.54 Å². The number of hydrogen-bond acceptors (Lipinski definition) is 3. The van der Waals surface area contributed by atoms with E-state index in [1.54, 1.807) is 18.0 Å². The predicted octanol–water partition coefficient (Wildman–Crippen LogP) is 2.47. The smallest absolute Gasteiger partial charge is 0.138 e. The highest BCUT2D eigenvalue weighted by atomic mass is 32.2. The zero-order valence-electron chi connectivity index (χ0n) is 9.68. The van der Waals surface area contributed by atoms with Gasteiger partial charge in [0.15, 0.2) is 0 Å². The summed E-state index contributed by atoms with van der Waals surface area (Å²) >= 11 is 1.76. The van der Waals surface area contributed by atoms with Gasteiger partial charge in [0.2, 0.25) is 0 Å². The molecule has 0 bridgehead atoms. The number of aliphatic hydroxyl groups excluding tert-OH is 1. The lowest BCUT2D eigenvalue weighted by molar-refractivity contribution is 0.188. The number of nitrogens with zero attached hydrogens (tertiary/aromatic N) is 2. The van der Waals surface area contributed by atoms with Crippen LogP contribution in [0.2, 0.25) is 0 Å². The first-order chi connectivity index (χ1) is 7.15. The first-order valence-electron chi connectivity index (χ1n) is 5.45. The Bertz CT molecular complexity index is 286. The van der Waals surface area contributed by atoms with Gasteiger partial charge in [-0.2, -0.15) is 11.8 Å². The molecule has 0 aromatic carbocycles. The molecule has 1 heterocycles. The van der Waals surface area contributed by atoms with Gasteiger partial charge < -0.3 is 9.67 Å². The summed E-state index contributed by atoms with van der Waals surface area (Å²) in [5, 5.41) is 10.5. The monoisotopic (exact) mass is 228 g/mol. The van der Waals surface area contributed by atoms with Crippen LogP contribution in [0.4, 0.5) is 0 Å². The fourth-order valence-electron chi connectivity index (χ4n) is 1.41. The Morgan fingerprint density at radius 1 is 1.53 bits per heavy atom. The van der Waals surface area contributed by atoms with Crippen LogP contribution in [0.5, 0.6) is 0 Å². The minimum Gasteiger partial charge on any atom is -0.384 e. The third kappa shape index (κ3) is 3.87. The zero-order valence-corrected chi connectivity index (χ0v) is 10.5. The number of aliphatic hydroxyl groups is 1. The highest BCUT2D eigenvalue weighted by Gasteiger charge is 2.13. The van der Waals surface area contributed by atoms with Gasteiger partial charge in [0.05, 0.1) is 0 Å². The van der Waals surface area contributed by atoms with Crippen molar-refractivity contribution in [2.75, 3.05) is 5.75 Å². The Balaban J connectivity index is 2.56. The van der Waals surface area contributed by atoms with Gasteiger partial charge >= 0.3 is 0 Å². The number of thioether (sulfide) groups is 1. The molecule has 3 nitrogen and oxygen atoms in total. The van der Waals surface area contributed by atoms with E-state index in [-0.39, 0.29) is 0 Å². The maximum atomic E-state index is 9.96. The Hall–Kier alpha value is -0.480. The van der Waals surface area contributed by atoms with E-state index in [0.717, 1.165) is 24.5 Å². The van der Waals surface area contributed by atoms with E-state index in [2.05, 4.69) is 25.8 Å². The van der Waals surface area contributed by atoms with Crippen molar-refractivity contribution in [1.29, 1.82) is 0 Å². The van der Waals surface area contributed by atoms with E-state index in [1.165, 1.54) is 0 Å². The lowest BCUT2D eigenvalue weighted by atomic mass is 10.3. The molecule has 1 aromatic heterocycles. The first kappa shape index (κ1) is 12.6. The Morgan fingerprint density at radius 2 is 2.27 bits per heavy atom. The highest BCUT2D eigenvalue weighted by Crippen LogP contribution is 2.20. The summed E-state index contributed by atoms with van der Waals surface area (Å²) in [6.45, 7) is 7.32. The second-order valence-electron chi connectivity index (χ2n) is 3.88. The zero-order chi connectivity index (χ0) is 11.3. The maximum absolute atomic E-state index is 9.96. The van der Waals surface area contributed by atoms with Crippen molar-refractivity contribution in [2.24, 2.45) is 0 Å². The summed E-state index contributed by atoms with van der Waals surface area (Å²) in [6.07, 6.45) is 4.31. The number of rotatable bonds is 6. The van der Waals surface area contributed by atoms with Gasteiger partial charge in [-0.3, -0.25) is 0 Å². The van der Waals surface area contributed by atoms with Crippen molar-refractivity contribution in [3.05, 3.63) is 18.2 Å². The standard InChI is InChI=1S/C11H20N2OS/c1-4-6-13-7-5-12-11(13)10(14)8-15-9(2)3/h5,7,9-10,14H,4,6,8H2,1-3H3. The van der Waals surface area contributed by atoms with Crippen molar-refractivity contribution >= 4 is 11.8 Å². The van der Waals surface area contributed by atoms with Crippen LogP contribution in [0.15, 0.2) is 12.4 Å². The molecule has 0 aliphatic rings. The molecule has 1 unspecified atom stereocenters. The highest BCUT2D eigenvalue weighted by molar-refractivity contribution is 7.99. The Kier molecular flexibility index (Phi) is 5.19. The van der Waals surface area contributed by atoms with Gasteiger partial charge in [-0.15, -0.1) is 0 Å². The van der Waals surface area contributed by atoms with Crippen LogP contribution in [-0.4, -0.2) is 25.7 Å². The van der Waals surface area contributed by atoms with E-state index in [4.69, 9.17) is 0 Å². The number of aryl methyl sites for hydroxylation is 1. The van der Waals surface area contributed by atoms with Crippen LogP contribution in [0.3, 0.4) is 0 Å². The average Bonchev–Trinajstić information content (AvgIpc) is 2.63. The molecule has 0 aliphatic carbocycles. The van der Waals surface area contributed by atoms with Crippen molar-refractivity contribution in [2.45, 2.75) is 45.1 Å². The molecule has 1 N–H and O–H groups in total. The fraction of sp³-hybridized carbons (Fsp3) is 0.727. The molecule has 0 saturated heterocycles. The Labute approximate surface area is 95.9 Å². The molecule has 86 valence electrons. The largest absolute Gasteiger partial charge is 0.384 e. The number of aromatic nitrogens is 2. The molecule has 1 atom stereocenters. The molecule has 0 aliphatic heterocycles. The molecule has 1 aromatic rings. The second kappa shape index (κ2) is 6.18. The summed E-state index contributed by atoms with van der Waals surface area (Å²) in [7, 11) is 0. The lowest BCUT2D eigenvalue weighted by Gasteiger charge is -2.13. The molecule has 4 heteroatoms. The minimum atomic E-state index is -0.445. The predicted molar refractivity (Wildman–Crippen MR) is 65.1 cm³/mol. The summed E-state index contributed by atoms with van der Waals surface area (Å²) in [5.41, 5.74) is 0. The minimum absolute atomic E-state index is 0.445. The fourth-order valence-corrected chi connectivity index (χ4v) is 2.12. The third-order valence-corrected chi connectivity index (χ3v) is 3.27. The van der Waals surface area contributed by atoms with Gasteiger partial charge in [0.1, 0.15) is 11.9 Å². The SMILES string of the molecule is CCCn1ccnc1C(O)CSC(C)C. The lowest BCUT2D eigenvalue weighted by Crippen LogP contribution is -2.11. The Morgan fingerprint density at radius 3 is 2.87 bits per heavy atom. The van der Waals surface area contributed by atoms with Crippen LogP contribution in [0.25, 0.3) is 0 Å². The topological polar surface area (TPSA) is 38.0 Å². The average molecular weight is 228 g/mol. The van der Waals surface area contributed by atoms with Crippen LogP contribution >= 0.6 is 11.8 Å². The molecule has 0 saturated carbocycles. The van der Waals surface area contributed by atoms with Crippen LogP contribution < -0.4 is 0 Å². The molecule has 0 radical (unpaired) electrons. The van der Waals surface area contributed by atoms with Crippen LogP contribution in [0.1, 0.15) is 39.1 Å². The quantitative estimate of drug-likeness (QED) is 0.813. The summed E-state index contributed by atoms with van der Waals surface area (Å²) in [5.74, 6) is 1.52. The number of hydrogen-bond donors (Lipinski definition) is 1. The second-order valence-corrected chi connectivity index (χ2v) is 5.49. The molecule has 0 fully saturated rings. The first-order valence-corrected chi connectivity index (χ1v) is 6.50. The van der Waals surface area contributed by atoms with Gasteiger partial charge in [-0.05, 0) is 11.7 Å². The van der Waals surface area contributed by atoms with Crippen molar-refractivity contribution < 1.29 is 5.11 Å². The van der Waals surface area contributed by atoms with Gasteiger partial charge in [-0.25, -0.2) is 4.98 Å². The summed E-state index contributed by atoms with van der Waals surface area (Å²) in [6, 6.07) is 0. The van der Waals surface area contributed by atoms with Gasteiger partial charge in [0.25, 0.3) is 0 Å². The van der Waals surface area contributed by atoms with E-state index in [0.29, 0.717) is 5.25 Å². The molecule has 1 rings (SSSR count). The summed E-state index contributed by atoms with van der Waals surface area (Å²) < 4.78 is 2.03. The van der Waals surface area contributed by atoms with Crippen molar-refractivity contribution in [1.82, 2.24) is 9.55 Å². The third-order valence-electron chi connectivity index (χ3n) is 2.10. The molecular formula is C11H20N2OS. The molecule has 15 heavy (non-hydrogen) atoms. The van der Waals surface area contributed by atoms with E-state index in [1.807, 2.05) is 10.8 Å². The molecule has 0 spiro atoms. The van der Waals surface area contributed by atoms with Crippen molar-refractivity contribution in [3.63, 3.8) is 0 Å². The molecule has 0 amide bonds. The van der Waals surface area contributed by atoms with Crippen LogP contribution in [0, 0.1) is 0 Å². The molecular weight excluding hydrogens is 208 g/mol. The van der Waals surface area contributed by atoms with E-state index < -0.39 is 6.10 Å². The summed E-state index contributed by atoms with van der Waals surface area (Å²) in [4.78, 5) is 4.21. The van der Waals surface area contributed by atoms with E-state index in [9.17, 15) is 5.11 Å².